The molecule has 2 radical (unpaired) electrons. The number of fused-ring (bicyclic) bond motifs is 3. The minimum atomic E-state index is 0. The van der Waals surface area contributed by atoms with Gasteiger partial charge in [-0.25, -0.2) is 0 Å². The van der Waals surface area contributed by atoms with Crippen LogP contribution in [0.15, 0.2) is 115 Å². The van der Waals surface area contributed by atoms with Gasteiger partial charge in [0.2, 0.25) is 0 Å². The number of halogens is 2. The smallest absolute Gasteiger partial charge is 1.00 e. The van der Waals surface area contributed by atoms with Crippen LogP contribution in [-0.4, -0.2) is 15.9 Å². The number of benzene rings is 4. The fourth-order valence-electron chi connectivity index (χ4n) is 3.11. The van der Waals surface area contributed by atoms with Gasteiger partial charge in [0.15, 0.2) is 0 Å². The molecule has 5 aromatic carbocycles. The van der Waals surface area contributed by atoms with Crippen molar-refractivity contribution >= 4 is 47.8 Å². The van der Waals surface area contributed by atoms with E-state index >= 15 is 0 Å². The van der Waals surface area contributed by atoms with E-state index in [1.807, 2.05) is 0 Å². The molecule has 0 aromatic heterocycles. The Morgan fingerprint density at radius 2 is 0.906 bits per heavy atom. The van der Waals surface area contributed by atoms with Crippen LogP contribution in [-0.2, 0) is 31.0 Å². The van der Waals surface area contributed by atoms with E-state index in [-0.39, 0.29) is 57.4 Å². The van der Waals surface area contributed by atoms with Crippen molar-refractivity contribution in [2.24, 2.45) is 0 Å². The summed E-state index contributed by atoms with van der Waals surface area (Å²) in [5, 5.41) is 8.19. The van der Waals surface area contributed by atoms with E-state index in [4.69, 9.17) is 10.5 Å². The molecule has 0 aliphatic carbocycles. The summed E-state index contributed by atoms with van der Waals surface area (Å²) in [6.45, 7) is 0. The SMILES string of the molecule is [Cl-].[Cl-].[NH-]C=O.[Zr+4].c1ccc([Si]c2ccccc2)cc1.c1ccc2c(c1)[cH-]c1ccccc12. The standard InChI is InChI=1S/C13H9.C12H10Si.CH3NO.2ClH.Zr/c1-3-7-12-10(5-1)9-11-6-2-4-8-13(11)12;1-3-7-11(8-4-1)13-12-9-5-2-6-10-12;2-1-3;;;/h1-9H;1-10H;1H,(H2,2,3);2*1H;/q-1;;;;;+4/p-3. The first kappa shape index (κ1) is 29.9. The first-order chi connectivity index (χ1) is 14.3. The van der Waals surface area contributed by atoms with E-state index in [1.165, 1.54) is 31.9 Å². The molecule has 0 fully saturated rings. The molecule has 1 N–H and O–H groups in total. The molecule has 0 saturated carbocycles. The first-order valence-corrected chi connectivity index (χ1v) is 10.3. The number of hydrogen-bond acceptors (Lipinski definition) is 1. The Hall–Kier alpha value is -2.10. The zero-order valence-electron chi connectivity index (χ0n) is 17.2. The van der Waals surface area contributed by atoms with Crippen LogP contribution in [0.3, 0.4) is 0 Å². The average Bonchev–Trinajstić information content (AvgIpc) is 3.15. The zero-order chi connectivity index (χ0) is 20.3. The van der Waals surface area contributed by atoms with Gasteiger partial charge in [-0.05, 0) is 0 Å². The maximum absolute atomic E-state index is 8.47. The van der Waals surface area contributed by atoms with E-state index in [2.05, 4.69) is 115 Å². The Bertz CT molecular complexity index is 1080. The molecular formula is C26H21Cl2NOSiZr. The predicted octanol–water partition coefficient (Wildman–Crippen LogP) is -0.746. The van der Waals surface area contributed by atoms with Crippen LogP contribution in [0.5, 0.6) is 0 Å². The molecule has 1 amide bonds. The van der Waals surface area contributed by atoms with E-state index in [0.29, 0.717) is 0 Å². The van der Waals surface area contributed by atoms with Gasteiger partial charge in [0, 0.05) is 6.41 Å². The van der Waals surface area contributed by atoms with Crippen LogP contribution in [0.1, 0.15) is 0 Å². The molecule has 0 aliphatic rings. The number of amides is 1. The third-order valence-electron chi connectivity index (χ3n) is 4.36. The molecule has 2 nitrogen and oxygen atoms in total. The zero-order valence-corrected chi connectivity index (χ0v) is 22.2. The largest absolute Gasteiger partial charge is 4.00 e. The Kier molecular flexibility index (Phi) is 15.4. The Labute approximate surface area is 223 Å². The van der Waals surface area contributed by atoms with Crippen molar-refractivity contribution < 1.29 is 55.8 Å². The number of rotatable bonds is 2. The molecule has 0 atom stereocenters. The van der Waals surface area contributed by atoms with Crippen LogP contribution in [0.25, 0.3) is 27.3 Å². The van der Waals surface area contributed by atoms with Gasteiger partial charge in [-0.3, -0.25) is 0 Å². The van der Waals surface area contributed by atoms with Gasteiger partial charge in [0.1, 0.15) is 9.52 Å². The van der Waals surface area contributed by atoms with Crippen molar-refractivity contribution in [1.82, 2.24) is 0 Å². The van der Waals surface area contributed by atoms with Gasteiger partial charge >= 0.3 is 26.2 Å². The molecule has 6 heteroatoms. The molecule has 32 heavy (non-hydrogen) atoms. The van der Waals surface area contributed by atoms with Crippen LogP contribution in [0.2, 0.25) is 0 Å². The molecular weight excluding hydrogens is 533 g/mol. The van der Waals surface area contributed by atoms with E-state index in [9.17, 15) is 0 Å². The van der Waals surface area contributed by atoms with Crippen LogP contribution < -0.4 is 35.2 Å². The summed E-state index contributed by atoms with van der Waals surface area (Å²) in [6.07, 6.45) is 0. The number of carbonyl (C=O) groups excluding carboxylic acids is 1. The molecule has 0 saturated heterocycles. The predicted molar refractivity (Wildman–Crippen MR) is 125 cm³/mol. The van der Waals surface area contributed by atoms with Gasteiger partial charge < -0.3 is 35.3 Å². The summed E-state index contributed by atoms with van der Waals surface area (Å²) in [6, 6.07) is 40.4. The van der Waals surface area contributed by atoms with Crippen LogP contribution >= 0.6 is 0 Å². The van der Waals surface area contributed by atoms with Crippen molar-refractivity contribution in [3.8, 4) is 0 Å². The van der Waals surface area contributed by atoms with Crippen molar-refractivity contribution in [2.75, 3.05) is 0 Å². The first-order valence-electron chi connectivity index (χ1n) is 9.33. The van der Waals surface area contributed by atoms with Gasteiger partial charge in [-0.15, -0.1) is 39.7 Å². The Morgan fingerprint density at radius 3 is 1.28 bits per heavy atom. The van der Waals surface area contributed by atoms with E-state index < -0.39 is 0 Å². The maximum Gasteiger partial charge on any atom is 4.00 e. The second kappa shape index (κ2) is 16.5. The number of nitrogens with one attached hydrogen (secondary N) is 1. The molecule has 0 bridgehead atoms. The average molecular weight is 554 g/mol. The fourth-order valence-corrected chi connectivity index (χ4v) is 4.17. The summed E-state index contributed by atoms with van der Waals surface area (Å²) in [4.78, 5) is 8.47. The second-order valence-electron chi connectivity index (χ2n) is 6.29. The van der Waals surface area contributed by atoms with Crippen molar-refractivity contribution in [1.29, 1.82) is 0 Å². The van der Waals surface area contributed by atoms with Crippen molar-refractivity contribution in [3.05, 3.63) is 121 Å². The minimum Gasteiger partial charge on any atom is -1.00 e. The quantitative estimate of drug-likeness (QED) is 0.161. The summed E-state index contributed by atoms with van der Waals surface area (Å²) in [7, 11) is 0.777. The third kappa shape index (κ3) is 8.80. The van der Waals surface area contributed by atoms with Gasteiger partial charge in [0.05, 0.1) is 0 Å². The second-order valence-corrected chi connectivity index (χ2v) is 7.70. The number of hydrogen-bond donors (Lipinski definition) is 0. The Balaban J connectivity index is 0.000000495. The molecule has 5 aromatic rings. The van der Waals surface area contributed by atoms with Crippen LogP contribution in [0.4, 0.5) is 0 Å². The van der Waals surface area contributed by atoms with Crippen LogP contribution in [0, 0.1) is 0 Å². The summed E-state index contributed by atoms with van der Waals surface area (Å²) in [5.41, 5.74) is 5.53. The fraction of sp³-hybridized carbons (Fsp3) is 0. The summed E-state index contributed by atoms with van der Waals surface area (Å²) < 4.78 is 0. The van der Waals surface area contributed by atoms with Gasteiger partial charge in [0.25, 0.3) is 0 Å². The van der Waals surface area contributed by atoms with Crippen molar-refractivity contribution in [2.45, 2.75) is 0 Å². The molecule has 5 rings (SSSR count). The number of carbonyl (C=O) groups is 1. The van der Waals surface area contributed by atoms with Gasteiger partial charge in [-0.1, -0.05) is 107 Å². The Morgan fingerprint density at radius 1 is 0.594 bits per heavy atom. The molecule has 0 unspecified atom stereocenters. The molecule has 0 aliphatic heterocycles. The summed E-state index contributed by atoms with van der Waals surface area (Å²) in [5.74, 6) is 0. The monoisotopic (exact) mass is 551 g/mol. The molecule has 0 spiro atoms. The molecule has 0 heterocycles. The van der Waals surface area contributed by atoms with Crippen molar-refractivity contribution in [3.63, 3.8) is 0 Å². The minimum absolute atomic E-state index is 0. The molecule has 158 valence electrons. The normalized spacial score (nSPS) is 8.88. The van der Waals surface area contributed by atoms with Gasteiger partial charge in [-0.2, -0.15) is 0 Å². The topological polar surface area (TPSA) is 40.9 Å². The van der Waals surface area contributed by atoms with E-state index in [1.54, 1.807) is 0 Å². The summed E-state index contributed by atoms with van der Waals surface area (Å²) >= 11 is 0. The third-order valence-corrected chi connectivity index (χ3v) is 5.60. The van der Waals surface area contributed by atoms with E-state index in [0.717, 1.165) is 9.52 Å². The maximum atomic E-state index is 8.47.